The molecule has 0 saturated carbocycles. The lowest BCUT2D eigenvalue weighted by molar-refractivity contribution is -0.112. The van der Waals surface area contributed by atoms with Crippen LogP contribution in [0.1, 0.15) is 17.3 Å². The molecule has 6 nitrogen and oxygen atoms in total. The normalized spacial score (nSPS) is 10.8. The highest BCUT2D eigenvalue weighted by molar-refractivity contribution is 7.15. The van der Waals surface area contributed by atoms with Crippen molar-refractivity contribution in [1.29, 1.82) is 5.26 Å². The van der Waals surface area contributed by atoms with Crippen molar-refractivity contribution in [1.82, 2.24) is 4.90 Å². The summed E-state index contributed by atoms with van der Waals surface area (Å²) in [5, 5.41) is 14.0. The summed E-state index contributed by atoms with van der Waals surface area (Å²) in [7, 11) is 3.43. The summed E-state index contributed by atoms with van der Waals surface area (Å²) in [5.41, 5.74) is 1.76. The van der Waals surface area contributed by atoms with Gasteiger partial charge in [0, 0.05) is 31.2 Å². The standard InChI is InChI=1S/C19H19N3O3S/c1-4-25-19(24)16-15(13-8-6-5-7-9-13)12-26-18(16)21-17(23)14(10-20)11-22(2)3/h5-9,11-12H,4H2,1-3H3,(H,21,23). The minimum atomic E-state index is -0.576. The van der Waals surface area contributed by atoms with Crippen molar-refractivity contribution in [2.75, 3.05) is 26.0 Å². The Morgan fingerprint density at radius 2 is 2.00 bits per heavy atom. The van der Waals surface area contributed by atoms with E-state index in [0.717, 1.165) is 5.56 Å². The molecule has 0 saturated heterocycles. The molecule has 0 bridgehead atoms. The molecule has 2 rings (SSSR count). The van der Waals surface area contributed by atoms with Gasteiger partial charge in [0.05, 0.1) is 6.61 Å². The van der Waals surface area contributed by atoms with Gasteiger partial charge < -0.3 is 15.0 Å². The molecule has 1 heterocycles. The maximum atomic E-state index is 12.5. The second-order valence-electron chi connectivity index (χ2n) is 5.51. The molecule has 0 aliphatic carbocycles. The van der Waals surface area contributed by atoms with E-state index in [9.17, 15) is 14.9 Å². The number of nitrogens with one attached hydrogen (secondary N) is 1. The summed E-state index contributed by atoms with van der Waals surface area (Å²) in [5.74, 6) is -1.09. The lowest BCUT2D eigenvalue weighted by atomic mass is 10.0. The van der Waals surface area contributed by atoms with Gasteiger partial charge in [-0.25, -0.2) is 4.79 Å². The van der Waals surface area contributed by atoms with Crippen LogP contribution < -0.4 is 5.32 Å². The van der Waals surface area contributed by atoms with Gasteiger partial charge in [-0.1, -0.05) is 30.3 Å². The van der Waals surface area contributed by atoms with Crippen LogP contribution in [0.3, 0.4) is 0 Å². The monoisotopic (exact) mass is 369 g/mol. The molecule has 26 heavy (non-hydrogen) atoms. The van der Waals surface area contributed by atoms with Gasteiger partial charge in [-0.3, -0.25) is 4.79 Å². The molecule has 0 atom stereocenters. The highest BCUT2D eigenvalue weighted by atomic mass is 32.1. The first kappa shape index (κ1) is 19.2. The highest BCUT2D eigenvalue weighted by Gasteiger charge is 2.23. The summed E-state index contributed by atoms with van der Waals surface area (Å²) in [4.78, 5) is 26.5. The summed E-state index contributed by atoms with van der Waals surface area (Å²) in [6, 6.07) is 11.2. The molecule has 0 aliphatic rings. The Hall–Kier alpha value is -3.11. The molecule has 1 aromatic carbocycles. The van der Waals surface area contributed by atoms with Crippen molar-refractivity contribution < 1.29 is 14.3 Å². The van der Waals surface area contributed by atoms with Crippen LogP contribution in [0.5, 0.6) is 0 Å². The van der Waals surface area contributed by atoms with Gasteiger partial charge in [0.25, 0.3) is 5.91 Å². The Balaban J connectivity index is 2.43. The van der Waals surface area contributed by atoms with E-state index in [1.807, 2.05) is 36.4 Å². The number of carbonyl (C=O) groups is 2. The predicted molar refractivity (Wildman–Crippen MR) is 102 cm³/mol. The van der Waals surface area contributed by atoms with Crippen LogP contribution in [0.15, 0.2) is 47.5 Å². The molecule has 134 valence electrons. The Labute approximate surface area is 156 Å². The molecule has 0 radical (unpaired) electrons. The lowest BCUT2D eigenvalue weighted by Crippen LogP contribution is -2.17. The van der Waals surface area contributed by atoms with Crippen molar-refractivity contribution >= 4 is 28.2 Å². The number of anilines is 1. The molecule has 7 heteroatoms. The van der Waals surface area contributed by atoms with E-state index in [-0.39, 0.29) is 12.2 Å². The minimum Gasteiger partial charge on any atom is -0.462 e. The summed E-state index contributed by atoms with van der Waals surface area (Å²) < 4.78 is 5.15. The molecule has 0 unspecified atom stereocenters. The fourth-order valence-electron chi connectivity index (χ4n) is 2.25. The van der Waals surface area contributed by atoms with E-state index in [4.69, 9.17) is 4.74 Å². The van der Waals surface area contributed by atoms with Crippen LogP contribution in [-0.4, -0.2) is 37.5 Å². The number of rotatable bonds is 6. The van der Waals surface area contributed by atoms with Crippen molar-refractivity contribution in [3.05, 3.63) is 53.0 Å². The smallest absolute Gasteiger partial charge is 0.341 e. The molecular formula is C19H19N3O3S. The molecular weight excluding hydrogens is 350 g/mol. The first-order chi connectivity index (χ1) is 12.5. The fraction of sp³-hybridized carbons (Fsp3) is 0.211. The molecule has 0 fully saturated rings. The Morgan fingerprint density at radius 3 is 2.58 bits per heavy atom. The summed E-state index contributed by atoms with van der Waals surface area (Å²) >= 11 is 1.22. The Bertz CT molecular complexity index is 864. The summed E-state index contributed by atoms with van der Waals surface area (Å²) in [6.45, 7) is 1.94. The van der Waals surface area contributed by atoms with Crippen LogP contribution >= 0.6 is 11.3 Å². The van der Waals surface area contributed by atoms with E-state index in [1.54, 1.807) is 31.3 Å². The van der Waals surface area contributed by atoms with Gasteiger partial charge in [-0.2, -0.15) is 5.26 Å². The predicted octanol–water partition coefficient (Wildman–Crippen LogP) is 3.50. The number of nitriles is 1. The fourth-order valence-corrected chi connectivity index (χ4v) is 3.21. The van der Waals surface area contributed by atoms with Gasteiger partial charge >= 0.3 is 5.97 Å². The number of carbonyl (C=O) groups excluding carboxylic acids is 2. The second kappa shape index (κ2) is 8.83. The minimum absolute atomic E-state index is 0.0560. The zero-order valence-electron chi connectivity index (χ0n) is 14.8. The first-order valence-electron chi connectivity index (χ1n) is 7.91. The zero-order chi connectivity index (χ0) is 19.1. The summed E-state index contributed by atoms with van der Waals surface area (Å²) in [6.07, 6.45) is 1.42. The SMILES string of the molecule is CCOC(=O)c1c(-c2ccccc2)csc1NC(=O)C(C#N)=CN(C)C. The number of thiophene rings is 1. The van der Waals surface area contributed by atoms with Crippen LogP contribution in [-0.2, 0) is 9.53 Å². The van der Waals surface area contributed by atoms with E-state index in [2.05, 4.69) is 5.32 Å². The Kier molecular flexibility index (Phi) is 6.53. The third-order valence-electron chi connectivity index (χ3n) is 3.33. The van der Waals surface area contributed by atoms with Crippen LogP contribution in [0.4, 0.5) is 5.00 Å². The lowest BCUT2D eigenvalue weighted by Gasteiger charge is -2.09. The number of benzene rings is 1. The van der Waals surface area contributed by atoms with E-state index in [0.29, 0.717) is 16.1 Å². The van der Waals surface area contributed by atoms with Crippen LogP contribution in [0.25, 0.3) is 11.1 Å². The third kappa shape index (κ3) is 4.49. The topological polar surface area (TPSA) is 82.4 Å². The van der Waals surface area contributed by atoms with Crippen molar-refractivity contribution in [3.63, 3.8) is 0 Å². The average Bonchev–Trinajstić information content (AvgIpc) is 3.04. The zero-order valence-corrected chi connectivity index (χ0v) is 15.6. The van der Waals surface area contributed by atoms with Crippen molar-refractivity contribution in [2.45, 2.75) is 6.92 Å². The van der Waals surface area contributed by atoms with Gasteiger partial charge in [-0.05, 0) is 12.5 Å². The first-order valence-corrected chi connectivity index (χ1v) is 8.79. The van der Waals surface area contributed by atoms with Crippen molar-refractivity contribution in [2.24, 2.45) is 0 Å². The number of esters is 1. The maximum absolute atomic E-state index is 12.5. The van der Waals surface area contributed by atoms with Crippen LogP contribution in [0.2, 0.25) is 0 Å². The van der Waals surface area contributed by atoms with E-state index >= 15 is 0 Å². The van der Waals surface area contributed by atoms with E-state index < -0.39 is 11.9 Å². The van der Waals surface area contributed by atoms with Gasteiger partial charge in [-0.15, -0.1) is 11.3 Å². The maximum Gasteiger partial charge on any atom is 0.341 e. The van der Waals surface area contributed by atoms with E-state index in [1.165, 1.54) is 17.5 Å². The molecule has 0 aliphatic heterocycles. The quantitative estimate of drug-likeness (QED) is 0.479. The van der Waals surface area contributed by atoms with Crippen molar-refractivity contribution in [3.8, 4) is 17.2 Å². The number of hydrogen-bond acceptors (Lipinski definition) is 6. The van der Waals surface area contributed by atoms with Gasteiger partial charge in [0.15, 0.2) is 0 Å². The number of nitrogens with zero attached hydrogens (tertiary/aromatic N) is 2. The van der Waals surface area contributed by atoms with Gasteiger partial charge in [0.1, 0.15) is 22.2 Å². The molecule has 2 aromatic rings. The van der Waals surface area contributed by atoms with Gasteiger partial charge in [0.2, 0.25) is 0 Å². The molecule has 1 aromatic heterocycles. The number of amides is 1. The largest absolute Gasteiger partial charge is 0.462 e. The third-order valence-corrected chi connectivity index (χ3v) is 4.23. The number of ether oxygens (including phenoxy) is 1. The Morgan fingerprint density at radius 1 is 1.31 bits per heavy atom. The molecule has 0 spiro atoms. The highest BCUT2D eigenvalue weighted by Crippen LogP contribution is 2.36. The molecule has 1 amide bonds. The molecule has 1 N–H and O–H groups in total. The number of hydrogen-bond donors (Lipinski definition) is 1. The average molecular weight is 369 g/mol. The van der Waals surface area contributed by atoms with Crippen LogP contribution in [0, 0.1) is 11.3 Å². The second-order valence-corrected chi connectivity index (χ2v) is 6.39.